The Morgan fingerprint density at radius 1 is 0.838 bits per heavy atom. The molecule has 9 atom stereocenters. The summed E-state index contributed by atoms with van der Waals surface area (Å²) in [5, 5.41) is 15.6. The van der Waals surface area contributed by atoms with Gasteiger partial charge in [-0.05, 0) is 80.9 Å². The van der Waals surface area contributed by atoms with Crippen LogP contribution < -0.4 is 10.6 Å². The van der Waals surface area contributed by atoms with E-state index in [1.807, 2.05) is 47.6 Å². The first-order chi connectivity index (χ1) is 32.0. The molecule has 2 heterocycles. The van der Waals surface area contributed by atoms with Crippen molar-refractivity contribution in [3.8, 4) is 0 Å². The van der Waals surface area contributed by atoms with Crippen LogP contribution in [0.5, 0.6) is 0 Å². The van der Waals surface area contributed by atoms with Crippen LogP contribution in [0.4, 0.5) is 0 Å². The first kappa shape index (κ1) is 58.1. The van der Waals surface area contributed by atoms with E-state index < -0.39 is 77.9 Å². The minimum absolute atomic E-state index is 0.0862. The predicted molar refractivity (Wildman–Crippen MR) is 264 cm³/mol. The summed E-state index contributed by atoms with van der Waals surface area (Å²) in [4.78, 5) is 113. The van der Waals surface area contributed by atoms with Gasteiger partial charge >= 0.3 is 5.97 Å². The molecule has 2 aliphatic heterocycles. The highest BCUT2D eigenvalue weighted by molar-refractivity contribution is 9.14. The molecule has 68 heavy (non-hydrogen) atoms. The Bertz CT molecular complexity index is 1940. The quantitative estimate of drug-likeness (QED) is 0.0763. The van der Waals surface area contributed by atoms with Crippen LogP contribution in [0.3, 0.4) is 0 Å². The van der Waals surface area contributed by atoms with Crippen LogP contribution in [0.1, 0.15) is 105 Å². The Morgan fingerprint density at radius 3 is 1.99 bits per heavy atom. The number of nitrogens with one attached hydrogen (secondary N) is 2. The number of carbonyl (C=O) groups excluding carboxylic acids is 7. The third kappa shape index (κ3) is 14.9. The van der Waals surface area contributed by atoms with Gasteiger partial charge in [0, 0.05) is 54.2 Å². The van der Waals surface area contributed by atoms with E-state index in [2.05, 4.69) is 42.5 Å². The number of carboxylic acids is 1. The van der Waals surface area contributed by atoms with Gasteiger partial charge in [0.1, 0.15) is 27.1 Å². The lowest BCUT2D eigenvalue weighted by Crippen LogP contribution is -2.60. The van der Waals surface area contributed by atoms with Crippen molar-refractivity contribution in [2.75, 3.05) is 41.4 Å². The summed E-state index contributed by atoms with van der Waals surface area (Å²) in [6, 6.07) is 4.93. The second kappa shape index (κ2) is 27.3. The second-order valence-corrected chi connectivity index (χ2v) is 20.4. The van der Waals surface area contributed by atoms with Crippen LogP contribution in [-0.4, -0.2) is 156 Å². The van der Waals surface area contributed by atoms with Crippen molar-refractivity contribution in [1.82, 2.24) is 30.2 Å². The summed E-state index contributed by atoms with van der Waals surface area (Å²) >= 11 is 6.25. The fourth-order valence-electron chi connectivity index (χ4n) is 9.33. The maximum atomic E-state index is 14.6. The number of ether oxygens (including phenoxy) is 2. The summed E-state index contributed by atoms with van der Waals surface area (Å²) in [6.45, 7) is 13.6. The summed E-state index contributed by atoms with van der Waals surface area (Å²) in [5.74, 6) is -5.44. The molecule has 0 aromatic heterocycles. The van der Waals surface area contributed by atoms with Gasteiger partial charge in [-0.15, -0.1) is 0 Å². The first-order valence-electron chi connectivity index (χ1n) is 23.7. The zero-order chi connectivity index (χ0) is 51.2. The molecule has 1 aromatic carbocycles. The number of nitrogens with zero attached hydrogens (tertiary/aromatic N) is 4. The Kier molecular flexibility index (Phi) is 23.3. The fraction of sp³-hybridized carbons (Fsp3) is 0.673. The number of rotatable bonds is 27. The van der Waals surface area contributed by atoms with Crippen LogP contribution in [0, 0.1) is 23.7 Å². The van der Waals surface area contributed by atoms with Crippen molar-refractivity contribution in [3.05, 3.63) is 44.9 Å². The lowest BCUT2D eigenvalue weighted by atomic mass is 9.89. The molecule has 7 amide bonds. The number of hydrogen-bond donors (Lipinski definition) is 3. The first-order valence-corrected chi connectivity index (χ1v) is 25.3. The summed E-state index contributed by atoms with van der Waals surface area (Å²) < 4.78 is 12.3. The van der Waals surface area contributed by atoms with Crippen molar-refractivity contribution >= 4 is 79.2 Å². The molecule has 380 valence electrons. The zero-order valence-electron chi connectivity index (χ0n) is 41.6. The molecule has 19 heteroatoms. The van der Waals surface area contributed by atoms with Gasteiger partial charge in [0.05, 0.1) is 36.6 Å². The minimum Gasteiger partial charge on any atom is -0.480 e. The lowest BCUT2D eigenvalue weighted by Gasteiger charge is -2.41. The average Bonchev–Trinajstić information content (AvgIpc) is 3.86. The lowest BCUT2D eigenvalue weighted by molar-refractivity contribution is -0.149. The maximum Gasteiger partial charge on any atom is 0.326 e. The number of likely N-dealkylation sites (tertiary alicyclic amines) is 1. The molecule has 0 spiro atoms. The van der Waals surface area contributed by atoms with Crippen LogP contribution in [0.25, 0.3) is 0 Å². The number of benzene rings is 1. The SMILES string of the molecule is CC[C@H](C)[C@@H]([C@@H](CC(=O)N1CCC[C@H]1[C@H](OC)[C@@H](C)C(=O)N[C@@H](Cc1ccccc1)C(=O)O)OC)N(C)C(=O)[C@@H](NC(=O)C(C(C)C)N(C)C(=O)CCCCCN1C(=O)C(Br)=C(Br)C1=O)C(C)C. The topological polar surface area (TPSA) is 212 Å². The number of imide groups is 1. The van der Waals surface area contributed by atoms with Gasteiger partial charge in [0.25, 0.3) is 11.8 Å². The van der Waals surface area contributed by atoms with Gasteiger partial charge in [-0.3, -0.25) is 38.5 Å². The fourth-order valence-corrected chi connectivity index (χ4v) is 10.1. The number of methoxy groups -OCH3 is 2. The van der Waals surface area contributed by atoms with Gasteiger partial charge < -0.3 is 39.9 Å². The van der Waals surface area contributed by atoms with E-state index in [9.17, 15) is 43.5 Å². The minimum atomic E-state index is -1.16. The van der Waals surface area contributed by atoms with Crippen molar-refractivity contribution in [1.29, 1.82) is 0 Å². The van der Waals surface area contributed by atoms with Gasteiger partial charge in [-0.1, -0.05) is 91.6 Å². The Labute approximate surface area is 419 Å². The van der Waals surface area contributed by atoms with Crippen LogP contribution >= 0.6 is 31.9 Å². The highest BCUT2D eigenvalue weighted by Crippen LogP contribution is 2.31. The smallest absolute Gasteiger partial charge is 0.326 e. The standard InChI is InChI=1S/C49H74Br2N6O11/c1-12-30(6)42(35(67-10)27-37(59)56-25-19-22-34(56)43(68-11)31(7)44(60)52-33(49(65)66)26-32-20-15-13-16-21-32)55(9)48(64)40(28(2)3)53-45(61)41(29(4)5)54(8)36(58)23-17-14-18-24-57-46(62)38(50)39(51)47(57)63/h13,15-16,20-21,28-31,33-35,40-43H,12,14,17-19,22-27H2,1-11H3,(H,52,60)(H,53,61)(H,65,66)/t30-,31+,33-,34-,35+,40-,41?,42-,43+/m0/s1. The molecule has 1 fully saturated rings. The van der Waals surface area contributed by atoms with Crippen molar-refractivity contribution in [2.24, 2.45) is 23.7 Å². The van der Waals surface area contributed by atoms with Crippen LogP contribution in [0.15, 0.2) is 39.3 Å². The largest absolute Gasteiger partial charge is 0.480 e. The number of unbranched alkanes of at least 4 members (excludes halogenated alkanes) is 2. The molecule has 1 saturated heterocycles. The van der Waals surface area contributed by atoms with Crippen LogP contribution in [-0.2, 0) is 54.3 Å². The predicted octanol–water partition coefficient (Wildman–Crippen LogP) is 5.27. The summed E-state index contributed by atoms with van der Waals surface area (Å²) in [5.41, 5.74) is 0.761. The Balaban J connectivity index is 1.70. The molecular formula is C49H74Br2N6O11. The monoisotopic (exact) mass is 1080 g/mol. The molecule has 3 rings (SSSR count). The van der Waals surface area contributed by atoms with Crippen molar-refractivity contribution in [3.63, 3.8) is 0 Å². The molecule has 0 bridgehead atoms. The number of carbonyl (C=O) groups is 8. The molecular weight excluding hydrogens is 1010 g/mol. The zero-order valence-corrected chi connectivity index (χ0v) is 44.8. The van der Waals surface area contributed by atoms with Gasteiger partial charge in [-0.2, -0.15) is 0 Å². The molecule has 0 aliphatic carbocycles. The number of amides is 7. The molecule has 1 unspecified atom stereocenters. The Morgan fingerprint density at radius 2 is 1.46 bits per heavy atom. The van der Waals surface area contributed by atoms with Gasteiger partial charge in [0.2, 0.25) is 29.5 Å². The molecule has 17 nitrogen and oxygen atoms in total. The van der Waals surface area contributed by atoms with Crippen molar-refractivity contribution < 1.29 is 52.9 Å². The average molecular weight is 1080 g/mol. The van der Waals surface area contributed by atoms with E-state index in [4.69, 9.17) is 9.47 Å². The van der Waals surface area contributed by atoms with Gasteiger partial charge in [-0.25, -0.2) is 4.79 Å². The van der Waals surface area contributed by atoms with E-state index in [0.717, 1.165) is 10.5 Å². The van der Waals surface area contributed by atoms with E-state index >= 15 is 0 Å². The molecule has 3 N–H and O–H groups in total. The number of aliphatic carboxylic acids is 1. The maximum absolute atomic E-state index is 14.6. The van der Waals surface area contributed by atoms with E-state index in [1.165, 1.54) is 19.1 Å². The van der Waals surface area contributed by atoms with Gasteiger partial charge in [0.15, 0.2) is 0 Å². The van der Waals surface area contributed by atoms with Crippen molar-refractivity contribution in [2.45, 2.75) is 149 Å². The van der Waals surface area contributed by atoms with E-state index in [1.54, 1.807) is 55.1 Å². The normalized spacial score (nSPS) is 18.8. The highest BCUT2D eigenvalue weighted by Gasteiger charge is 2.44. The summed E-state index contributed by atoms with van der Waals surface area (Å²) in [7, 11) is 6.20. The molecule has 1 aromatic rings. The van der Waals surface area contributed by atoms with E-state index in [-0.39, 0.29) is 70.2 Å². The number of hydrogen-bond acceptors (Lipinski definition) is 10. The highest BCUT2D eigenvalue weighted by atomic mass is 79.9. The second-order valence-electron chi connectivity index (χ2n) is 18.8. The number of carboxylic acid groups (broad SMARTS) is 1. The summed E-state index contributed by atoms with van der Waals surface area (Å²) in [6.07, 6.45) is 2.09. The third-order valence-corrected chi connectivity index (χ3v) is 15.4. The molecule has 2 aliphatic rings. The van der Waals surface area contributed by atoms with Crippen LogP contribution in [0.2, 0.25) is 0 Å². The number of halogens is 2. The third-order valence-electron chi connectivity index (χ3n) is 13.4. The molecule has 0 saturated carbocycles. The molecule has 0 radical (unpaired) electrons. The Hall–Kier alpha value is -4.20. The van der Waals surface area contributed by atoms with E-state index in [0.29, 0.717) is 45.1 Å². The number of likely N-dealkylation sites (N-methyl/N-ethyl adjacent to an activating group) is 2.